The summed E-state index contributed by atoms with van der Waals surface area (Å²) in [4.78, 5) is 0.446. The summed E-state index contributed by atoms with van der Waals surface area (Å²) >= 11 is 4.65. The van der Waals surface area contributed by atoms with Gasteiger partial charge in [-0.05, 0) is 6.07 Å². The summed E-state index contributed by atoms with van der Waals surface area (Å²) in [6.07, 6.45) is 3.18. The highest BCUT2D eigenvalue weighted by Crippen LogP contribution is 2.04. The van der Waals surface area contributed by atoms with E-state index < -0.39 is 0 Å². The average Bonchev–Trinajstić information content (AvgIpc) is 2.34. The van der Waals surface area contributed by atoms with Crippen molar-refractivity contribution in [2.75, 3.05) is 11.9 Å². The van der Waals surface area contributed by atoms with Crippen molar-refractivity contribution >= 4 is 22.9 Å². The van der Waals surface area contributed by atoms with Crippen molar-refractivity contribution in [2.45, 2.75) is 0 Å². The fraction of sp³-hybridized carbons (Fsp3) is 0.167. The molecular formula is C6H8N2OS. The number of hydrogen-bond donors (Lipinski definition) is 2. The Morgan fingerprint density at radius 1 is 1.80 bits per heavy atom. The molecule has 0 aromatic carbocycles. The third-order valence-corrected chi connectivity index (χ3v) is 1.13. The van der Waals surface area contributed by atoms with Gasteiger partial charge in [0.25, 0.3) is 0 Å². The first kappa shape index (κ1) is 7.08. The number of nitrogens with two attached hydrogens (primary N) is 1. The number of nitrogens with one attached hydrogen (secondary N) is 1. The Morgan fingerprint density at radius 3 is 3.10 bits per heavy atom. The molecule has 0 saturated carbocycles. The summed E-state index contributed by atoms with van der Waals surface area (Å²) in [5.74, 6) is 0. The van der Waals surface area contributed by atoms with Gasteiger partial charge in [-0.3, -0.25) is 0 Å². The van der Waals surface area contributed by atoms with Crippen molar-refractivity contribution in [3.05, 3.63) is 18.6 Å². The fourth-order valence-electron chi connectivity index (χ4n) is 0.554. The number of furan rings is 1. The van der Waals surface area contributed by atoms with Crippen molar-refractivity contribution < 1.29 is 4.42 Å². The molecule has 0 bridgehead atoms. The normalized spacial score (nSPS) is 9.20. The van der Waals surface area contributed by atoms with Gasteiger partial charge in [0.1, 0.15) is 6.26 Å². The first-order valence-electron chi connectivity index (χ1n) is 2.83. The first-order valence-corrected chi connectivity index (χ1v) is 3.24. The lowest BCUT2D eigenvalue weighted by Crippen LogP contribution is -2.19. The Morgan fingerprint density at radius 2 is 2.60 bits per heavy atom. The predicted octanol–water partition coefficient (Wildman–Crippen LogP) is 0.978. The minimum absolute atomic E-state index is 0.446. The highest BCUT2D eigenvalue weighted by Gasteiger charge is 1.91. The van der Waals surface area contributed by atoms with Crippen LogP contribution in [0.25, 0.3) is 0 Å². The molecule has 1 rings (SSSR count). The van der Waals surface area contributed by atoms with Gasteiger partial charge in [-0.2, -0.15) is 0 Å². The molecule has 0 amide bonds. The molecule has 0 unspecified atom stereocenters. The Bertz CT molecular complexity index is 208. The van der Waals surface area contributed by atoms with Crippen molar-refractivity contribution in [2.24, 2.45) is 5.73 Å². The summed E-state index contributed by atoms with van der Waals surface area (Å²) in [5.41, 5.74) is 6.14. The van der Waals surface area contributed by atoms with Crippen LogP contribution in [0.15, 0.2) is 23.0 Å². The molecule has 1 aromatic rings. The van der Waals surface area contributed by atoms with Gasteiger partial charge in [-0.1, -0.05) is 12.2 Å². The maximum absolute atomic E-state index is 5.25. The predicted molar refractivity (Wildman–Crippen MR) is 44.0 cm³/mol. The second-order valence-corrected chi connectivity index (χ2v) is 2.36. The summed E-state index contributed by atoms with van der Waals surface area (Å²) in [6, 6.07) is 1.80. The van der Waals surface area contributed by atoms with Crippen LogP contribution in [0.4, 0.5) is 5.69 Å². The van der Waals surface area contributed by atoms with Gasteiger partial charge >= 0.3 is 0 Å². The second kappa shape index (κ2) is 3.22. The van der Waals surface area contributed by atoms with Gasteiger partial charge in [0.05, 0.1) is 23.5 Å². The van der Waals surface area contributed by atoms with Crippen molar-refractivity contribution in [1.82, 2.24) is 0 Å². The third kappa shape index (κ3) is 2.06. The van der Waals surface area contributed by atoms with Crippen molar-refractivity contribution in [3.8, 4) is 0 Å². The molecule has 1 aromatic heterocycles. The Hall–Kier alpha value is -1.03. The summed E-state index contributed by atoms with van der Waals surface area (Å²) in [5, 5.41) is 2.96. The lowest BCUT2D eigenvalue weighted by molar-refractivity contribution is 0.568. The summed E-state index contributed by atoms with van der Waals surface area (Å²) in [6.45, 7) is 0.509. The first-order chi connectivity index (χ1) is 4.79. The van der Waals surface area contributed by atoms with Crippen molar-refractivity contribution in [1.29, 1.82) is 0 Å². The number of thiocarbonyl (C=S) groups is 1. The van der Waals surface area contributed by atoms with Crippen LogP contribution in [-0.4, -0.2) is 11.5 Å². The minimum Gasteiger partial charge on any atom is -0.470 e. The van der Waals surface area contributed by atoms with Gasteiger partial charge in [0.2, 0.25) is 0 Å². The van der Waals surface area contributed by atoms with E-state index in [9.17, 15) is 0 Å². The second-order valence-electron chi connectivity index (χ2n) is 1.83. The smallest absolute Gasteiger partial charge is 0.113 e. The molecule has 0 radical (unpaired) electrons. The molecule has 10 heavy (non-hydrogen) atoms. The molecule has 1 heterocycles. The van der Waals surface area contributed by atoms with E-state index in [0.29, 0.717) is 11.5 Å². The molecule has 4 heteroatoms. The van der Waals surface area contributed by atoms with E-state index in [4.69, 9.17) is 10.2 Å². The number of rotatable bonds is 3. The van der Waals surface area contributed by atoms with Crippen LogP contribution >= 0.6 is 12.2 Å². The molecule has 0 saturated heterocycles. The van der Waals surface area contributed by atoms with E-state index in [0.717, 1.165) is 5.69 Å². The maximum Gasteiger partial charge on any atom is 0.113 e. The van der Waals surface area contributed by atoms with E-state index in [1.807, 2.05) is 0 Å². The molecule has 54 valence electrons. The van der Waals surface area contributed by atoms with Gasteiger partial charge < -0.3 is 15.5 Å². The van der Waals surface area contributed by atoms with Crippen LogP contribution in [0, 0.1) is 0 Å². The number of anilines is 1. The van der Waals surface area contributed by atoms with Crippen LogP contribution in [0.3, 0.4) is 0 Å². The third-order valence-electron chi connectivity index (χ3n) is 0.988. The lowest BCUT2D eigenvalue weighted by atomic mass is 10.5. The zero-order chi connectivity index (χ0) is 7.40. The van der Waals surface area contributed by atoms with Crippen LogP contribution in [-0.2, 0) is 0 Å². The Balaban J connectivity index is 2.35. The van der Waals surface area contributed by atoms with Gasteiger partial charge in [-0.25, -0.2) is 0 Å². The molecular weight excluding hydrogens is 148 g/mol. The van der Waals surface area contributed by atoms with Crippen LogP contribution in [0.1, 0.15) is 0 Å². The molecule has 0 aliphatic rings. The summed E-state index contributed by atoms with van der Waals surface area (Å²) < 4.78 is 4.80. The zero-order valence-electron chi connectivity index (χ0n) is 5.33. The molecule has 0 aliphatic heterocycles. The average molecular weight is 156 g/mol. The van der Waals surface area contributed by atoms with Gasteiger partial charge in [-0.15, -0.1) is 0 Å². The standard InChI is InChI=1S/C6H8N2OS/c7-6(10)3-8-5-1-2-9-4-5/h1-2,4,8H,3H2,(H2,7,10). The molecule has 0 aliphatic carbocycles. The molecule has 3 nitrogen and oxygen atoms in total. The topological polar surface area (TPSA) is 51.2 Å². The van der Waals surface area contributed by atoms with Crippen LogP contribution in [0.2, 0.25) is 0 Å². The Labute approximate surface area is 64.2 Å². The Kier molecular flexibility index (Phi) is 2.28. The van der Waals surface area contributed by atoms with Crippen LogP contribution in [0.5, 0.6) is 0 Å². The lowest BCUT2D eigenvalue weighted by Gasteiger charge is -1.98. The van der Waals surface area contributed by atoms with Gasteiger partial charge in [0.15, 0.2) is 0 Å². The zero-order valence-corrected chi connectivity index (χ0v) is 6.15. The highest BCUT2D eigenvalue weighted by molar-refractivity contribution is 7.80. The fourth-order valence-corrected chi connectivity index (χ4v) is 0.626. The molecule has 0 fully saturated rings. The molecule has 3 N–H and O–H groups in total. The SMILES string of the molecule is NC(=S)CNc1ccoc1. The van der Waals surface area contributed by atoms with E-state index in [2.05, 4.69) is 17.5 Å². The van der Waals surface area contributed by atoms with Crippen LogP contribution < -0.4 is 11.1 Å². The molecule has 0 spiro atoms. The molecule has 0 atom stereocenters. The summed E-state index contributed by atoms with van der Waals surface area (Å²) in [7, 11) is 0. The monoisotopic (exact) mass is 156 g/mol. The van der Waals surface area contributed by atoms with Gasteiger partial charge in [0, 0.05) is 0 Å². The van der Waals surface area contributed by atoms with Crippen molar-refractivity contribution in [3.63, 3.8) is 0 Å². The van der Waals surface area contributed by atoms with E-state index in [1.165, 1.54) is 0 Å². The highest BCUT2D eigenvalue weighted by atomic mass is 32.1. The van der Waals surface area contributed by atoms with E-state index >= 15 is 0 Å². The quantitative estimate of drug-likeness (QED) is 0.640. The van der Waals surface area contributed by atoms with E-state index in [1.54, 1.807) is 18.6 Å². The minimum atomic E-state index is 0.446. The maximum atomic E-state index is 5.25. The number of hydrogen-bond acceptors (Lipinski definition) is 3. The largest absolute Gasteiger partial charge is 0.470 e. The van der Waals surface area contributed by atoms with E-state index in [-0.39, 0.29) is 0 Å².